The number of nitrogens with one attached hydrogen (secondary N) is 1. The number of hydrogen-bond donors (Lipinski definition) is 2. The first kappa shape index (κ1) is 14.2. The van der Waals surface area contributed by atoms with E-state index >= 15 is 0 Å². The normalized spacial score (nSPS) is 11.6. The van der Waals surface area contributed by atoms with E-state index in [1.807, 2.05) is 13.0 Å². The molecule has 1 aromatic rings. The molecule has 0 heterocycles. The van der Waals surface area contributed by atoms with Crippen LogP contribution in [0.15, 0.2) is 29.2 Å². The van der Waals surface area contributed by atoms with Crippen molar-refractivity contribution >= 4 is 10.0 Å². The second-order valence-electron chi connectivity index (χ2n) is 3.89. The van der Waals surface area contributed by atoms with Crippen LogP contribution in [-0.4, -0.2) is 21.5 Å². The van der Waals surface area contributed by atoms with Crippen molar-refractivity contribution in [1.82, 2.24) is 4.72 Å². The minimum absolute atomic E-state index is 0.338. The van der Waals surface area contributed by atoms with Gasteiger partial charge < -0.3 is 5.73 Å². The molecule has 0 aliphatic heterocycles. The smallest absolute Gasteiger partial charge is 0.240 e. The van der Waals surface area contributed by atoms with Crippen LogP contribution in [0.4, 0.5) is 0 Å². The summed E-state index contributed by atoms with van der Waals surface area (Å²) < 4.78 is 26.4. The van der Waals surface area contributed by atoms with Gasteiger partial charge in [0.2, 0.25) is 10.0 Å². The van der Waals surface area contributed by atoms with Crippen LogP contribution in [0.25, 0.3) is 0 Å². The van der Waals surface area contributed by atoms with Gasteiger partial charge in [0.25, 0.3) is 0 Å². The molecule has 0 atom stereocenters. The molecule has 0 bridgehead atoms. The largest absolute Gasteiger partial charge is 0.330 e. The zero-order valence-corrected chi connectivity index (χ0v) is 11.0. The van der Waals surface area contributed by atoms with E-state index in [1.165, 1.54) is 0 Å². The van der Waals surface area contributed by atoms with Gasteiger partial charge in [0.05, 0.1) is 4.90 Å². The molecule has 4 nitrogen and oxygen atoms in total. The van der Waals surface area contributed by atoms with Crippen molar-refractivity contribution < 1.29 is 8.42 Å². The Morgan fingerprint density at radius 2 is 2.06 bits per heavy atom. The number of aryl methyl sites for hydroxylation is 1. The van der Waals surface area contributed by atoms with Crippen LogP contribution < -0.4 is 10.5 Å². The molecule has 0 saturated carbocycles. The van der Waals surface area contributed by atoms with E-state index in [0.29, 0.717) is 18.0 Å². The maximum atomic E-state index is 11.9. The van der Waals surface area contributed by atoms with Crippen molar-refractivity contribution in [3.05, 3.63) is 29.8 Å². The van der Waals surface area contributed by atoms with Gasteiger partial charge in [-0.1, -0.05) is 19.1 Å². The lowest BCUT2D eigenvalue weighted by Crippen LogP contribution is -2.25. The van der Waals surface area contributed by atoms with E-state index in [4.69, 9.17) is 5.73 Å². The Kier molecular flexibility index (Phi) is 5.61. The third kappa shape index (κ3) is 4.46. The predicted octanol–water partition coefficient (Wildman–Crippen LogP) is 1.27. The van der Waals surface area contributed by atoms with E-state index in [-0.39, 0.29) is 0 Å². The van der Waals surface area contributed by atoms with Gasteiger partial charge in [-0.2, -0.15) is 0 Å². The molecule has 1 rings (SSSR count). The van der Waals surface area contributed by atoms with E-state index in [0.717, 1.165) is 24.8 Å². The molecule has 3 N–H and O–H groups in total. The average molecular weight is 256 g/mol. The number of rotatable bonds is 7. The number of benzene rings is 1. The van der Waals surface area contributed by atoms with Crippen molar-refractivity contribution in [2.24, 2.45) is 5.73 Å². The maximum Gasteiger partial charge on any atom is 0.240 e. The van der Waals surface area contributed by atoms with Gasteiger partial charge >= 0.3 is 0 Å². The molecule has 0 saturated heterocycles. The van der Waals surface area contributed by atoms with Gasteiger partial charge in [-0.25, -0.2) is 13.1 Å². The fourth-order valence-electron chi connectivity index (χ4n) is 1.49. The predicted molar refractivity (Wildman–Crippen MR) is 69.3 cm³/mol. The lowest BCUT2D eigenvalue weighted by Gasteiger charge is -2.07. The van der Waals surface area contributed by atoms with Crippen LogP contribution in [0.3, 0.4) is 0 Å². The monoisotopic (exact) mass is 256 g/mol. The van der Waals surface area contributed by atoms with E-state index in [2.05, 4.69) is 4.72 Å². The SMILES string of the molecule is CCc1cccc(S(=O)(=O)NCCCCN)c1. The highest BCUT2D eigenvalue weighted by atomic mass is 32.2. The van der Waals surface area contributed by atoms with Crippen molar-refractivity contribution in [2.45, 2.75) is 31.1 Å². The molecule has 0 aliphatic rings. The van der Waals surface area contributed by atoms with Crippen molar-refractivity contribution in [2.75, 3.05) is 13.1 Å². The first-order valence-corrected chi connectivity index (χ1v) is 7.37. The molecule has 0 fully saturated rings. The van der Waals surface area contributed by atoms with Gasteiger partial charge in [-0.05, 0) is 43.5 Å². The minimum Gasteiger partial charge on any atom is -0.330 e. The summed E-state index contributed by atoms with van der Waals surface area (Å²) in [4.78, 5) is 0.338. The van der Waals surface area contributed by atoms with Crippen molar-refractivity contribution in [1.29, 1.82) is 0 Å². The lowest BCUT2D eigenvalue weighted by atomic mass is 10.2. The lowest BCUT2D eigenvalue weighted by molar-refractivity contribution is 0.577. The summed E-state index contributed by atoms with van der Waals surface area (Å²) in [6.45, 7) is 3.03. The number of nitrogens with two attached hydrogens (primary N) is 1. The molecule has 1 aromatic carbocycles. The molecule has 5 heteroatoms. The van der Waals surface area contributed by atoms with Crippen molar-refractivity contribution in [3.63, 3.8) is 0 Å². The van der Waals surface area contributed by atoms with E-state index in [9.17, 15) is 8.42 Å². The molecule has 96 valence electrons. The van der Waals surface area contributed by atoms with Crippen LogP contribution in [0, 0.1) is 0 Å². The molecule has 0 unspecified atom stereocenters. The Morgan fingerprint density at radius 3 is 2.71 bits per heavy atom. The van der Waals surface area contributed by atoms with E-state index in [1.54, 1.807) is 18.2 Å². The number of unbranched alkanes of at least 4 members (excludes halogenated alkanes) is 1. The quantitative estimate of drug-likeness (QED) is 0.722. The molecule has 0 aliphatic carbocycles. The standard InChI is InChI=1S/C12H20N2O2S/c1-2-11-6-5-7-12(10-11)17(15,16)14-9-4-3-8-13/h5-7,10,14H,2-4,8-9,13H2,1H3. The first-order valence-electron chi connectivity index (χ1n) is 5.89. The second kappa shape index (κ2) is 6.74. The topological polar surface area (TPSA) is 72.2 Å². The highest BCUT2D eigenvalue weighted by Gasteiger charge is 2.12. The minimum atomic E-state index is -3.36. The zero-order valence-electron chi connectivity index (χ0n) is 10.1. The maximum absolute atomic E-state index is 11.9. The van der Waals surface area contributed by atoms with Crippen molar-refractivity contribution in [3.8, 4) is 0 Å². The molecule has 0 amide bonds. The third-order valence-corrected chi connectivity index (χ3v) is 4.00. The van der Waals surface area contributed by atoms with Crippen LogP contribution in [0.1, 0.15) is 25.3 Å². The number of sulfonamides is 1. The Labute approximate surface area is 103 Å². The molecule has 0 aromatic heterocycles. The van der Waals surface area contributed by atoms with Gasteiger partial charge in [0, 0.05) is 6.54 Å². The van der Waals surface area contributed by atoms with Crippen LogP contribution in [0.5, 0.6) is 0 Å². The van der Waals surface area contributed by atoms with Crippen LogP contribution >= 0.6 is 0 Å². The highest BCUT2D eigenvalue weighted by Crippen LogP contribution is 2.11. The Morgan fingerprint density at radius 1 is 1.29 bits per heavy atom. The summed E-state index contributed by atoms with van der Waals surface area (Å²) in [7, 11) is -3.36. The zero-order chi connectivity index (χ0) is 12.7. The molecular weight excluding hydrogens is 236 g/mol. The summed E-state index contributed by atoms with van der Waals surface area (Å²) in [6, 6.07) is 7.02. The fourth-order valence-corrected chi connectivity index (χ4v) is 2.64. The van der Waals surface area contributed by atoms with Gasteiger partial charge in [-0.3, -0.25) is 0 Å². The van der Waals surface area contributed by atoms with Gasteiger partial charge in [-0.15, -0.1) is 0 Å². The summed E-state index contributed by atoms with van der Waals surface area (Å²) in [5.74, 6) is 0. The Hall–Kier alpha value is -0.910. The molecular formula is C12H20N2O2S. The Bertz CT molecular complexity index is 444. The Balaban J connectivity index is 2.68. The summed E-state index contributed by atoms with van der Waals surface area (Å²) in [5, 5.41) is 0. The summed E-state index contributed by atoms with van der Waals surface area (Å²) in [5.41, 5.74) is 6.37. The highest BCUT2D eigenvalue weighted by molar-refractivity contribution is 7.89. The van der Waals surface area contributed by atoms with Gasteiger partial charge in [0.15, 0.2) is 0 Å². The van der Waals surface area contributed by atoms with Crippen LogP contribution in [-0.2, 0) is 16.4 Å². The fraction of sp³-hybridized carbons (Fsp3) is 0.500. The average Bonchev–Trinajstić information content (AvgIpc) is 2.35. The van der Waals surface area contributed by atoms with Crippen LogP contribution in [0.2, 0.25) is 0 Å². The molecule has 0 radical (unpaired) electrons. The van der Waals surface area contributed by atoms with Gasteiger partial charge in [0.1, 0.15) is 0 Å². The summed E-state index contributed by atoms with van der Waals surface area (Å²) in [6.07, 6.45) is 2.43. The second-order valence-corrected chi connectivity index (χ2v) is 5.66. The first-order chi connectivity index (χ1) is 8.10. The summed E-state index contributed by atoms with van der Waals surface area (Å²) >= 11 is 0. The third-order valence-electron chi connectivity index (χ3n) is 2.54. The molecule has 17 heavy (non-hydrogen) atoms. The van der Waals surface area contributed by atoms with E-state index < -0.39 is 10.0 Å². The molecule has 0 spiro atoms. The number of hydrogen-bond acceptors (Lipinski definition) is 3.